The molecule has 1 aromatic heterocycles. The summed E-state index contributed by atoms with van der Waals surface area (Å²) in [6.07, 6.45) is 7.14. The van der Waals surface area contributed by atoms with Gasteiger partial charge >= 0.3 is 11.9 Å². The third-order valence-corrected chi connectivity index (χ3v) is 5.40. The molecule has 1 unspecified atom stereocenters. The van der Waals surface area contributed by atoms with Gasteiger partial charge in [0.2, 0.25) is 6.73 Å². The first-order chi connectivity index (χ1) is 13.8. The minimum atomic E-state index is -1.07. The fourth-order valence-corrected chi connectivity index (χ4v) is 3.72. The number of carboxylic acid groups (broad SMARTS) is 1. The topological polar surface area (TPSA) is 126 Å². The van der Waals surface area contributed by atoms with Crippen LogP contribution in [0.1, 0.15) is 51.1 Å². The lowest BCUT2D eigenvalue weighted by molar-refractivity contribution is -0.919. The minimum absolute atomic E-state index is 0.159. The van der Waals surface area contributed by atoms with E-state index in [0.29, 0.717) is 23.5 Å². The van der Waals surface area contributed by atoms with Crippen molar-refractivity contribution in [3.8, 4) is 5.88 Å². The molecule has 4 N–H and O–H groups in total. The Morgan fingerprint density at radius 3 is 2.86 bits per heavy atom. The maximum Gasteiger partial charge on any atom is 0.369 e. The molecule has 29 heavy (non-hydrogen) atoms. The van der Waals surface area contributed by atoms with Crippen molar-refractivity contribution in [2.75, 3.05) is 33.5 Å². The molecule has 2 heterocycles. The van der Waals surface area contributed by atoms with Crippen molar-refractivity contribution in [3.05, 3.63) is 11.8 Å². The van der Waals surface area contributed by atoms with E-state index < -0.39 is 18.0 Å². The Hall–Kier alpha value is -2.04. The molecule has 2 rings (SSSR count). The van der Waals surface area contributed by atoms with Crippen molar-refractivity contribution in [2.24, 2.45) is 0 Å². The van der Waals surface area contributed by atoms with E-state index in [1.165, 1.54) is 12.8 Å². The van der Waals surface area contributed by atoms with Crippen molar-refractivity contribution in [1.29, 1.82) is 0 Å². The van der Waals surface area contributed by atoms with Crippen LogP contribution in [-0.4, -0.2) is 69.8 Å². The van der Waals surface area contributed by atoms with Gasteiger partial charge in [0, 0.05) is 12.0 Å². The molecular weight excluding hydrogens is 396 g/mol. The zero-order valence-corrected chi connectivity index (χ0v) is 18.1. The number of aliphatic carboxylic acids is 1. The summed E-state index contributed by atoms with van der Waals surface area (Å²) in [6.45, 7) is 4.40. The zero-order valence-electron chi connectivity index (χ0n) is 17.3. The molecule has 0 aliphatic carbocycles. The highest BCUT2D eigenvalue weighted by Crippen LogP contribution is 2.30. The maximum absolute atomic E-state index is 12.0. The molecule has 0 aromatic carbocycles. The highest BCUT2D eigenvalue weighted by molar-refractivity contribution is 6.99. The number of likely N-dealkylation sites (N-methyl/N-ethyl adjacent to an activating group) is 1. The Morgan fingerprint density at radius 1 is 1.34 bits per heavy atom. The van der Waals surface area contributed by atoms with E-state index in [2.05, 4.69) is 27.5 Å². The molecule has 0 bridgehead atoms. The molecular formula is C19H32N4O5S+2. The summed E-state index contributed by atoms with van der Waals surface area (Å²) in [5.74, 6) is -1.08. The van der Waals surface area contributed by atoms with Gasteiger partial charge in [0.05, 0.1) is 31.9 Å². The maximum atomic E-state index is 12.0. The van der Waals surface area contributed by atoms with Gasteiger partial charge in [0.15, 0.2) is 6.04 Å². The van der Waals surface area contributed by atoms with Crippen LogP contribution in [0.3, 0.4) is 0 Å². The highest BCUT2D eigenvalue weighted by atomic mass is 32.1. The number of esters is 1. The molecule has 0 saturated heterocycles. The van der Waals surface area contributed by atoms with Crippen LogP contribution >= 0.6 is 11.7 Å². The minimum Gasteiger partial charge on any atom is -0.481 e. The molecule has 10 heteroatoms. The summed E-state index contributed by atoms with van der Waals surface area (Å²) < 4.78 is 20.4. The lowest BCUT2D eigenvalue weighted by atomic mass is 10.1. The molecule has 0 amide bonds. The molecule has 1 aliphatic rings. The third kappa shape index (κ3) is 7.37. The van der Waals surface area contributed by atoms with Crippen molar-refractivity contribution >= 4 is 29.2 Å². The van der Waals surface area contributed by atoms with Crippen LogP contribution in [0.2, 0.25) is 0 Å². The monoisotopic (exact) mass is 428 g/mol. The second-order valence-electron chi connectivity index (χ2n) is 7.73. The van der Waals surface area contributed by atoms with Gasteiger partial charge in [0.1, 0.15) is 18.7 Å². The van der Waals surface area contributed by atoms with Crippen LogP contribution in [-0.2, 0) is 14.3 Å². The Kier molecular flexibility index (Phi) is 8.99. The largest absolute Gasteiger partial charge is 0.481 e. The molecule has 9 nitrogen and oxygen atoms in total. The number of ether oxygens (including phenoxy) is 2. The summed E-state index contributed by atoms with van der Waals surface area (Å²) in [6, 6.07) is -0.908. The zero-order chi connectivity index (χ0) is 21.3. The normalized spacial score (nSPS) is 20.0. The van der Waals surface area contributed by atoms with Gasteiger partial charge < -0.3 is 20.3 Å². The Labute approximate surface area is 175 Å². The number of hydrogen-bond donors (Lipinski definition) is 2. The van der Waals surface area contributed by atoms with Gasteiger partial charge in [0.25, 0.3) is 5.88 Å². The predicted molar refractivity (Wildman–Crippen MR) is 108 cm³/mol. The van der Waals surface area contributed by atoms with Gasteiger partial charge in [-0.05, 0) is 6.42 Å². The summed E-state index contributed by atoms with van der Waals surface area (Å²) in [7, 11) is 2.00. The fourth-order valence-electron chi connectivity index (χ4n) is 3.19. The van der Waals surface area contributed by atoms with E-state index in [1.54, 1.807) is 0 Å². The Morgan fingerprint density at radius 2 is 2.14 bits per heavy atom. The van der Waals surface area contributed by atoms with E-state index in [-0.39, 0.29) is 13.2 Å². The van der Waals surface area contributed by atoms with Crippen LogP contribution in [0.5, 0.6) is 5.88 Å². The number of carbonyl (C=O) groups is 2. The standard InChI is InChI=1S/C19H30N4O5S/c1-3-4-5-6-10-27-18-17(21-29-22-18)14-8-7-9-23(2,12-14)13-28-19(26)15(20)11-16(24)25/h8,15H,3-7,9-13,20H2,1-2H3/p+2/t15-,23?/m0/s1. The summed E-state index contributed by atoms with van der Waals surface area (Å²) in [4.78, 5) is 22.7. The molecule has 162 valence electrons. The lowest BCUT2D eigenvalue weighted by Crippen LogP contribution is -2.66. The van der Waals surface area contributed by atoms with Crippen molar-refractivity contribution in [3.63, 3.8) is 0 Å². The summed E-state index contributed by atoms with van der Waals surface area (Å²) in [5.41, 5.74) is 5.37. The second kappa shape index (κ2) is 11.2. The van der Waals surface area contributed by atoms with E-state index in [9.17, 15) is 9.59 Å². The number of carbonyl (C=O) groups excluding carboxylic acids is 1. The molecule has 0 radical (unpaired) electrons. The van der Waals surface area contributed by atoms with Crippen LogP contribution in [0.15, 0.2) is 6.08 Å². The first-order valence-corrected chi connectivity index (χ1v) is 10.8. The van der Waals surface area contributed by atoms with Crippen molar-refractivity contribution < 1.29 is 34.4 Å². The van der Waals surface area contributed by atoms with E-state index in [1.807, 2.05) is 7.05 Å². The number of rotatable bonds is 12. The number of aromatic nitrogens is 2. The van der Waals surface area contributed by atoms with E-state index >= 15 is 0 Å². The summed E-state index contributed by atoms with van der Waals surface area (Å²) in [5, 5.41) is 8.79. The van der Waals surface area contributed by atoms with Gasteiger partial charge in [-0.2, -0.15) is 4.37 Å². The average molecular weight is 429 g/mol. The van der Waals surface area contributed by atoms with Crippen molar-refractivity contribution in [1.82, 2.24) is 8.75 Å². The number of nitrogens with zero attached hydrogens (tertiary/aromatic N) is 3. The smallest absolute Gasteiger partial charge is 0.369 e. The Bertz CT molecular complexity index is 723. The Balaban J connectivity index is 1.91. The van der Waals surface area contributed by atoms with Gasteiger partial charge in [-0.15, -0.1) is 4.37 Å². The highest BCUT2D eigenvalue weighted by Gasteiger charge is 2.32. The molecule has 1 aliphatic heterocycles. The molecule has 0 saturated carbocycles. The molecule has 1 aromatic rings. The fraction of sp³-hybridized carbons (Fsp3) is 0.684. The quantitative estimate of drug-likeness (QED) is 0.292. The number of quaternary nitrogens is 2. The van der Waals surface area contributed by atoms with E-state index in [0.717, 1.165) is 48.8 Å². The van der Waals surface area contributed by atoms with Crippen LogP contribution in [0, 0.1) is 0 Å². The number of unbranched alkanes of at least 4 members (excludes halogenated alkanes) is 3. The van der Waals surface area contributed by atoms with E-state index in [4.69, 9.17) is 14.6 Å². The van der Waals surface area contributed by atoms with Crippen LogP contribution in [0.4, 0.5) is 0 Å². The number of carboxylic acids is 1. The third-order valence-electron chi connectivity index (χ3n) is 4.88. The van der Waals surface area contributed by atoms with Crippen molar-refractivity contribution in [2.45, 2.75) is 51.5 Å². The van der Waals surface area contributed by atoms with Gasteiger partial charge in [-0.25, -0.2) is 4.79 Å². The van der Waals surface area contributed by atoms with Crippen LogP contribution < -0.4 is 10.5 Å². The molecule has 2 atom stereocenters. The second-order valence-corrected chi connectivity index (χ2v) is 8.26. The molecule has 0 fully saturated rings. The first kappa shape index (κ1) is 23.2. The van der Waals surface area contributed by atoms with Gasteiger partial charge in [-0.3, -0.25) is 9.28 Å². The SMILES string of the molecule is CCCCCCOc1nsnc1C1=CCC[N+](C)(COC(=O)[C@@H]([NH3+])CC(=O)O)C1. The molecule has 0 spiro atoms. The predicted octanol–water partition coefficient (Wildman–Crippen LogP) is 1.32. The number of hydrogen-bond acceptors (Lipinski definition) is 7. The average Bonchev–Trinajstić information content (AvgIpc) is 3.14. The lowest BCUT2D eigenvalue weighted by Gasteiger charge is -2.36. The van der Waals surface area contributed by atoms with Gasteiger partial charge in [-0.1, -0.05) is 32.3 Å². The first-order valence-electron chi connectivity index (χ1n) is 10.0. The van der Waals surface area contributed by atoms with Crippen LogP contribution in [0.25, 0.3) is 5.57 Å². The summed E-state index contributed by atoms with van der Waals surface area (Å²) >= 11 is 1.13.